The Kier molecular flexibility index (Phi) is 6.65. The number of para-hydroxylation sites is 1. The van der Waals surface area contributed by atoms with Crippen LogP contribution in [0.1, 0.15) is 30.0 Å². The SMILES string of the molecule is CCC(=O)Nc1cc(-c2ccc(=O)n(CC(=O)Nc3c(C)cccc3C)n2)ccc1C. The van der Waals surface area contributed by atoms with E-state index in [1.807, 2.05) is 57.2 Å². The smallest absolute Gasteiger partial charge is 0.267 e. The van der Waals surface area contributed by atoms with Gasteiger partial charge >= 0.3 is 0 Å². The number of hydrogen-bond acceptors (Lipinski definition) is 4. The highest BCUT2D eigenvalue weighted by Crippen LogP contribution is 2.24. The first kappa shape index (κ1) is 22.0. The minimum Gasteiger partial charge on any atom is -0.326 e. The molecule has 0 radical (unpaired) electrons. The van der Waals surface area contributed by atoms with Gasteiger partial charge < -0.3 is 10.6 Å². The summed E-state index contributed by atoms with van der Waals surface area (Å²) in [5, 5.41) is 10.1. The Labute approximate surface area is 181 Å². The molecule has 7 heteroatoms. The zero-order valence-corrected chi connectivity index (χ0v) is 18.2. The zero-order chi connectivity index (χ0) is 22.5. The molecule has 1 aromatic heterocycles. The zero-order valence-electron chi connectivity index (χ0n) is 18.2. The maximum absolute atomic E-state index is 12.6. The normalized spacial score (nSPS) is 10.6. The highest BCUT2D eigenvalue weighted by Gasteiger charge is 2.12. The fourth-order valence-corrected chi connectivity index (χ4v) is 3.20. The summed E-state index contributed by atoms with van der Waals surface area (Å²) in [6.45, 7) is 7.32. The van der Waals surface area contributed by atoms with Crippen molar-refractivity contribution in [3.63, 3.8) is 0 Å². The highest BCUT2D eigenvalue weighted by molar-refractivity contribution is 5.92. The average Bonchev–Trinajstić information content (AvgIpc) is 2.74. The van der Waals surface area contributed by atoms with Crippen LogP contribution in [0.5, 0.6) is 0 Å². The van der Waals surface area contributed by atoms with Crippen molar-refractivity contribution in [1.82, 2.24) is 9.78 Å². The number of aromatic nitrogens is 2. The number of benzene rings is 2. The molecule has 0 aliphatic rings. The van der Waals surface area contributed by atoms with E-state index in [-0.39, 0.29) is 23.9 Å². The Morgan fingerprint density at radius 2 is 1.61 bits per heavy atom. The van der Waals surface area contributed by atoms with E-state index in [0.717, 1.165) is 32.6 Å². The van der Waals surface area contributed by atoms with E-state index in [0.29, 0.717) is 17.8 Å². The lowest BCUT2D eigenvalue weighted by molar-refractivity contribution is -0.117. The van der Waals surface area contributed by atoms with E-state index < -0.39 is 0 Å². The van der Waals surface area contributed by atoms with Crippen molar-refractivity contribution in [3.05, 3.63) is 75.6 Å². The maximum atomic E-state index is 12.6. The van der Waals surface area contributed by atoms with Crippen molar-refractivity contribution in [1.29, 1.82) is 0 Å². The largest absolute Gasteiger partial charge is 0.326 e. The molecule has 2 N–H and O–H groups in total. The number of aryl methyl sites for hydroxylation is 3. The Hall–Kier alpha value is -3.74. The molecule has 0 aliphatic carbocycles. The topological polar surface area (TPSA) is 93.1 Å². The maximum Gasteiger partial charge on any atom is 0.267 e. The van der Waals surface area contributed by atoms with E-state index in [1.54, 1.807) is 13.0 Å². The Bertz CT molecular complexity index is 1180. The molecule has 1 heterocycles. The summed E-state index contributed by atoms with van der Waals surface area (Å²) in [5.74, 6) is -0.412. The van der Waals surface area contributed by atoms with Crippen molar-refractivity contribution in [3.8, 4) is 11.3 Å². The number of anilines is 2. The molecule has 0 bridgehead atoms. The Balaban J connectivity index is 1.85. The lowest BCUT2D eigenvalue weighted by atomic mass is 10.1. The summed E-state index contributed by atoms with van der Waals surface area (Å²) in [4.78, 5) is 36.7. The van der Waals surface area contributed by atoms with E-state index in [4.69, 9.17) is 0 Å². The molecule has 2 amide bonds. The third-order valence-corrected chi connectivity index (χ3v) is 5.03. The van der Waals surface area contributed by atoms with Crippen LogP contribution in [0.4, 0.5) is 11.4 Å². The summed E-state index contributed by atoms with van der Waals surface area (Å²) >= 11 is 0. The van der Waals surface area contributed by atoms with Gasteiger partial charge in [0.1, 0.15) is 6.54 Å². The summed E-state index contributed by atoms with van der Waals surface area (Å²) in [5.41, 5.74) is 5.15. The second kappa shape index (κ2) is 9.38. The van der Waals surface area contributed by atoms with Gasteiger partial charge in [0, 0.05) is 29.4 Å². The van der Waals surface area contributed by atoms with Gasteiger partial charge in [-0.15, -0.1) is 0 Å². The minimum atomic E-state index is -0.368. The number of rotatable bonds is 6. The number of hydrogen-bond donors (Lipinski definition) is 2. The lowest BCUT2D eigenvalue weighted by Crippen LogP contribution is -2.29. The van der Waals surface area contributed by atoms with Gasteiger partial charge in [0.05, 0.1) is 5.69 Å². The van der Waals surface area contributed by atoms with Gasteiger partial charge in [0.25, 0.3) is 5.56 Å². The fraction of sp³-hybridized carbons (Fsp3) is 0.250. The van der Waals surface area contributed by atoms with Crippen LogP contribution in [0.2, 0.25) is 0 Å². The second-order valence-electron chi connectivity index (χ2n) is 7.46. The second-order valence-corrected chi connectivity index (χ2v) is 7.46. The van der Waals surface area contributed by atoms with Crippen LogP contribution in [-0.2, 0) is 16.1 Å². The summed E-state index contributed by atoms with van der Waals surface area (Å²) < 4.78 is 1.14. The molecular weight excluding hydrogens is 392 g/mol. The van der Waals surface area contributed by atoms with Crippen LogP contribution < -0.4 is 16.2 Å². The molecule has 3 rings (SSSR count). The van der Waals surface area contributed by atoms with Crippen LogP contribution >= 0.6 is 0 Å². The van der Waals surface area contributed by atoms with Gasteiger partial charge in [-0.05, 0) is 49.6 Å². The predicted octanol–water partition coefficient (Wildman–Crippen LogP) is 3.82. The van der Waals surface area contributed by atoms with E-state index in [1.165, 1.54) is 6.07 Å². The Morgan fingerprint density at radius 3 is 2.29 bits per heavy atom. The van der Waals surface area contributed by atoms with Gasteiger partial charge in [-0.1, -0.05) is 37.3 Å². The van der Waals surface area contributed by atoms with E-state index in [9.17, 15) is 14.4 Å². The number of carbonyl (C=O) groups is 2. The van der Waals surface area contributed by atoms with Crippen LogP contribution in [-0.4, -0.2) is 21.6 Å². The average molecular weight is 418 g/mol. The first-order valence-corrected chi connectivity index (χ1v) is 10.1. The predicted molar refractivity (Wildman–Crippen MR) is 122 cm³/mol. The molecule has 2 aromatic carbocycles. The van der Waals surface area contributed by atoms with E-state index >= 15 is 0 Å². The number of amides is 2. The molecule has 160 valence electrons. The van der Waals surface area contributed by atoms with Crippen LogP contribution in [0.25, 0.3) is 11.3 Å². The van der Waals surface area contributed by atoms with Crippen LogP contribution in [0, 0.1) is 20.8 Å². The number of nitrogens with zero attached hydrogens (tertiary/aromatic N) is 2. The van der Waals surface area contributed by atoms with E-state index in [2.05, 4.69) is 15.7 Å². The van der Waals surface area contributed by atoms with Gasteiger partial charge in [-0.25, -0.2) is 4.68 Å². The third-order valence-electron chi connectivity index (χ3n) is 5.03. The molecule has 0 aliphatic heterocycles. The summed E-state index contributed by atoms with van der Waals surface area (Å²) in [6, 6.07) is 14.3. The third kappa shape index (κ3) is 5.25. The molecule has 0 fully saturated rings. The van der Waals surface area contributed by atoms with Crippen molar-refractivity contribution in [2.75, 3.05) is 10.6 Å². The highest BCUT2D eigenvalue weighted by atomic mass is 16.2. The first-order valence-electron chi connectivity index (χ1n) is 10.1. The molecular formula is C24H26N4O3. The lowest BCUT2D eigenvalue weighted by Gasteiger charge is -2.13. The summed E-state index contributed by atoms with van der Waals surface area (Å²) in [6.07, 6.45) is 0.377. The molecule has 0 spiro atoms. The first-order chi connectivity index (χ1) is 14.8. The number of carbonyl (C=O) groups excluding carboxylic acids is 2. The van der Waals surface area contributed by atoms with Gasteiger partial charge in [0.15, 0.2) is 0 Å². The quantitative estimate of drug-likeness (QED) is 0.636. The fourth-order valence-electron chi connectivity index (χ4n) is 3.20. The summed E-state index contributed by atoms with van der Waals surface area (Å²) in [7, 11) is 0. The minimum absolute atomic E-state index is 0.0821. The molecule has 0 unspecified atom stereocenters. The molecule has 0 saturated heterocycles. The monoisotopic (exact) mass is 418 g/mol. The van der Waals surface area contributed by atoms with Gasteiger partial charge in [-0.3, -0.25) is 14.4 Å². The van der Waals surface area contributed by atoms with Gasteiger partial charge in [0.2, 0.25) is 11.8 Å². The molecule has 3 aromatic rings. The van der Waals surface area contributed by atoms with Crippen molar-refractivity contribution in [2.24, 2.45) is 0 Å². The molecule has 7 nitrogen and oxygen atoms in total. The Morgan fingerprint density at radius 1 is 0.903 bits per heavy atom. The standard InChI is InChI=1S/C24H26N4O3/c1-5-21(29)25-20-13-18(10-9-15(20)2)19-11-12-23(31)28(27-19)14-22(30)26-24-16(3)7-6-8-17(24)4/h6-13H,5,14H2,1-4H3,(H,25,29)(H,26,30). The number of nitrogens with one attached hydrogen (secondary N) is 2. The molecule has 0 saturated carbocycles. The molecule has 0 atom stereocenters. The molecule has 31 heavy (non-hydrogen) atoms. The van der Waals surface area contributed by atoms with Crippen molar-refractivity contribution in [2.45, 2.75) is 40.7 Å². The van der Waals surface area contributed by atoms with Crippen molar-refractivity contribution >= 4 is 23.2 Å². The van der Waals surface area contributed by atoms with Crippen LogP contribution in [0.15, 0.2) is 53.3 Å². The van der Waals surface area contributed by atoms with Crippen LogP contribution in [0.3, 0.4) is 0 Å². The van der Waals surface area contributed by atoms with Gasteiger partial charge in [-0.2, -0.15) is 5.10 Å². The van der Waals surface area contributed by atoms with Crippen molar-refractivity contribution < 1.29 is 9.59 Å².